The van der Waals surface area contributed by atoms with Crippen LogP contribution in [0.4, 0.5) is 4.79 Å². The van der Waals surface area contributed by atoms with E-state index in [0.29, 0.717) is 0 Å². The van der Waals surface area contributed by atoms with Gasteiger partial charge in [0.05, 0.1) is 12.5 Å². The number of aliphatic carboxylic acids is 1. The molecule has 0 aromatic heterocycles. The molecule has 3 N–H and O–H groups in total. The van der Waals surface area contributed by atoms with Crippen LogP contribution in [0.3, 0.4) is 0 Å². The molecule has 2 aromatic carbocycles. The van der Waals surface area contributed by atoms with E-state index >= 15 is 0 Å². The highest BCUT2D eigenvalue weighted by molar-refractivity contribution is 5.84. The molecule has 35 heavy (non-hydrogen) atoms. The summed E-state index contributed by atoms with van der Waals surface area (Å²) in [5.74, 6) is -2.40. The summed E-state index contributed by atoms with van der Waals surface area (Å²) in [6.07, 6.45) is -0.631. The second-order valence-electron chi connectivity index (χ2n) is 9.87. The second-order valence-corrected chi connectivity index (χ2v) is 9.87. The standard InChI is InChI=1S/C27H32N2O6/c1-16(2)23(24(30)29-13-12-27(34,15-29)25(31)32)17(3)28-26(33)35-14-22-20-10-6-4-8-18(20)19-9-5-7-11-21(19)22/h4-11,16-17,22-23,34H,12-15H2,1-3H3,(H,28,33)(H,31,32). The molecule has 1 aliphatic carbocycles. The topological polar surface area (TPSA) is 116 Å². The van der Waals surface area contributed by atoms with Gasteiger partial charge in [-0.1, -0.05) is 62.4 Å². The smallest absolute Gasteiger partial charge is 0.407 e. The van der Waals surface area contributed by atoms with Crippen LogP contribution in [-0.2, 0) is 14.3 Å². The quantitative estimate of drug-likeness (QED) is 0.560. The summed E-state index contributed by atoms with van der Waals surface area (Å²) in [4.78, 5) is 38.6. The maximum atomic E-state index is 13.2. The number of carboxylic acid groups (broad SMARTS) is 1. The third-order valence-corrected chi connectivity index (χ3v) is 7.19. The summed E-state index contributed by atoms with van der Waals surface area (Å²) in [6, 6.07) is 15.6. The van der Waals surface area contributed by atoms with Crippen molar-refractivity contribution in [3.05, 3.63) is 59.7 Å². The summed E-state index contributed by atoms with van der Waals surface area (Å²) in [5.41, 5.74) is 2.58. The lowest BCUT2D eigenvalue weighted by Crippen LogP contribution is -2.50. The maximum absolute atomic E-state index is 13.2. The number of aliphatic hydroxyl groups is 1. The van der Waals surface area contributed by atoms with Gasteiger partial charge >= 0.3 is 12.1 Å². The normalized spacial score (nSPS) is 20.8. The second kappa shape index (κ2) is 9.70. The Hall–Kier alpha value is -3.39. The molecule has 0 spiro atoms. The molecule has 3 atom stereocenters. The molecular formula is C27H32N2O6. The van der Waals surface area contributed by atoms with Gasteiger partial charge in [-0.3, -0.25) is 4.79 Å². The van der Waals surface area contributed by atoms with E-state index < -0.39 is 29.6 Å². The number of β-amino-alcohol motifs (C(OH)–C–C–N with tert-alkyl or cyclic N) is 1. The van der Waals surface area contributed by atoms with Gasteiger partial charge in [0.25, 0.3) is 0 Å². The number of nitrogens with one attached hydrogen (secondary N) is 1. The van der Waals surface area contributed by atoms with Crippen molar-refractivity contribution < 1.29 is 29.3 Å². The van der Waals surface area contributed by atoms with Crippen LogP contribution >= 0.6 is 0 Å². The number of hydrogen-bond acceptors (Lipinski definition) is 5. The van der Waals surface area contributed by atoms with Crippen molar-refractivity contribution in [1.29, 1.82) is 0 Å². The number of carbonyl (C=O) groups excluding carboxylic acids is 2. The molecule has 1 aliphatic heterocycles. The predicted octanol–water partition coefficient (Wildman–Crippen LogP) is 3.23. The van der Waals surface area contributed by atoms with E-state index in [0.717, 1.165) is 22.3 Å². The summed E-state index contributed by atoms with van der Waals surface area (Å²) in [7, 11) is 0. The number of hydrogen-bond donors (Lipinski definition) is 3. The zero-order chi connectivity index (χ0) is 25.3. The molecule has 3 unspecified atom stereocenters. The zero-order valence-corrected chi connectivity index (χ0v) is 20.2. The van der Waals surface area contributed by atoms with Gasteiger partial charge in [-0.25, -0.2) is 9.59 Å². The minimum absolute atomic E-state index is 0.0208. The largest absolute Gasteiger partial charge is 0.479 e. The summed E-state index contributed by atoms with van der Waals surface area (Å²) in [5, 5.41) is 22.3. The maximum Gasteiger partial charge on any atom is 0.407 e. The van der Waals surface area contributed by atoms with Crippen LogP contribution in [0, 0.1) is 11.8 Å². The number of alkyl carbamates (subject to hydrolysis) is 1. The molecule has 2 aromatic rings. The van der Waals surface area contributed by atoms with E-state index in [9.17, 15) is 24.6 Å². The lowest BCUT2D eigenvalue weighted by atomic mass is 9.88. The Balaban J connectivity index is 1.39. The lowest BCUT2D eigenvalue weighted by Gasteiger charge is -2.31. The Labute approximate surface area is 204 Å². The highest BCUT2D eigenvalue weighted by Crippen LogP contribution is 2.44. The number of carboxylic acids is 1. The van der Waals surface area contributed by atoms with Gasteiger partial charge < -0.3 is 25.2 Å². The molecule has 1 saturated heterocycles. The first-order chi connectivity index (χ1) is 16.6. The molecule has 0 radical (unpaired) electrons. The van der Waals surface area contributed by atoms with Crippen LogP contribution in [0.2, 0.25) is 0 Å². The van der Waals surface area contributed by atoms with Gasteiger partial charge in [0.2, 0.25) is 5.91 Å². The van der Waals surface area contributed by atoms with Crippen molar-refractivity contribution in [2.45, 2.75) is 44.8 Å². The molecule has 1 fully saturated rings. The molecule has 8 nitrogen and oxygen atoms in total. The lowest BCUT2D eigenvalue weighted by molar-refractivity contribution is -0.157. The fourth-order valence-corrected chi connectivity index (χ4v) is 5.36. The van der Waals surface area contributed by atoms with Gasteiger partial charge in [-0.2, -0.15) is 0 Å². The van der Waals surface area contributed by atoms with Crippen molar-refractivity contribution in [3.8, 4) is 11.1 Å². The molecule has 8 heteroatoms. The van der Waals surface area contributed by atoms with E-state index in [1.165, 1.54) is 4.90 Å². The average Bonchev–Trinajstić information content (AvgIpc) is 3.37. The number of amides is 2. The number of ether oxygens (including phenoxy) is 1. The first kappa shape index (κ1) is 24.7. The van der Waals surface area contributed by atoms with E-state index in [1.807, 2.05) is 50.2 Å². The van der Waals surface area contributed by atoms with Gasteiger partial charge in [-0.15, -0.1) is 0 Å². The number of likely N-dealkylation sites (tertiary alicyclic amines) is 1. The van der Waals surface area contributed by atoms with Crippen molar-refractivity contribution >= 4 is 18.0 Å². The number of nitrogens with zero attached hydrogens (tertiary/aromatic N) is 1. The van der Waals surface area contributed by atoms with E-state index in [1.54, 1.807) is 6.92 Å². The monoisotopic (exact) mass is 480 g/mol. The predicted molar refractivity (Wildman–Crippen MR) is 130 cm³/mol. The number of rotatable bonds is 7. The zero-order valence-electron chi connectivity index (χ0n) is 20.2. The Bertz CT molecular complexity index is 1090. The van der Waals surface area contributed by atoms with Crippen molar-refractivity contribution in [2.24, 2.45) is 11.8 Å². The van der Waals surface area contributed by atoms with E-state index in [-0.39, 0.29) is 43.9 Å². The number of benzene rings is 2. The Morgan fingerprint density at radius 3 is 2.14 bits per heavy atom. The fourth-order valence-electron chi connectivity index (χ4n) is 5.36. The fraction of sp³-hybridized carbons (Fsp3) is 0.444. The molecule has 186 valence electrons. The summed E-state index contributed by atoms with van der Waals surface area (Å²) < 4.78 is 5.62. The first-order valence-electron chi connectivity index (χ1n) is 12.0. The molecular weight excluding hydrogens is 448 g/mol. The van der Waals surface area contributed by atoms with Crippen molar-refractivity contribution in [1.82, 2.24) is 10.2 Å². The van der Waals surface area contributed by atoms with E-state index in [4.69, 9.17) is 4.74 Å². The van der Waals surface area contributed by atoms with Crippen LogP contribution in [-0.4, -0.2) is 64.4 Å². The Morgan fingerprint density at radius 2 is 1.63 bits per heavy atom. The van der Waals surface area contributed by atoms with Crippen LogP contribution in [0.25, 0.3) is 11.1 Å². The summed E-state index contributed by atoms with van der Waals surface area (Å²) >= 11 is 0. The highest BCUT2D eigenvalue weighted by Gasteiger charge is 2.46. The van der Waals surface area contributed by atoms with Crippen LogP contribution in [0.5, 0.6) is 0 Å². The van der Waals surface area contributed by atoms with Crippen molar-refractivity contribution in [2.75, 3.05) is 19.7 Å². The molecule has 2 amide bonds. The average molecular weight is 481 g/mol. The number of fused-ring (bicyclic) bond motifs is 3. The molecule has 4 rings (SSSR count). The van der Waals surface area contributed by atoms with E-state index in [2.05, 4.69) is 17.4 Å². The molecule has 0 saturated carbocycles. The Kier molecular flexibility index (Phi) is 6.85. The Morgan fingerprint density at radius 1 is 1.06 bits per heavy atom. The van der Waals surface area contributed by atoms with Gasteiger partial charge in [0, 0.05) is 24.9 Å². The van der Waals surface area contributed by atoms with Gasteiger partial charge in [0.1, 0.15) is 6.61 Å². The molecule has 0 bridgehead atoms. The van der Waals surface area contributed by atoms with Gasteiger partial charge in [-0.05, 0) is 35.1 Å². The van der Waals surface area contributed by atoms with Crippen LogP contribution in [0.15, 0.2) is 48.5 Å². The highest BCUT2D eigenvalue weighted by atomic mass is 16.5. The van der Waals surface area contributed by atoms with Crippen molar-refractivity contribution in [3.63, 3.8) is 0 Å². The minimum atomic E-state index is -1.93. The third-order valence-electron chi connectivity index (χ3n) is 7.19. The molecule has 1 heterocycles. The first-order valence-corrected chi connectivity index (χ1v) is 12.0. The third kappa shape index (κ3) is 4.75. The molecule has 2 aliphatic rings. The summed E-state index contributed by atoms with van der Waals surface area (Å²) in [6.45, 7) is 5.55. The van der Waals surface area contributed by atoms with Crippen LogP contribution < -0.4 is 5.32 Å². The van der Waals surface area contributed by atoms with Crippen LogP contribution in [0.1, 0.15) is 44.2 Å². The van der Waals surface area contributed by atoms with Gasteiger partial charge in [0.15, 0.2) is 5.60 Å². The SMILES string of the molecule is CC(C)C(C(=O)N1CCC(O)(C(=O)O)C1)C(C)NC(=O)OCC1c2ccccc2-c2ccccc21. The number of carbonyl (C=O) groups is 3. The minimum Gasteiger partial charge on any atom is -0.479 e.